The highest BCUT2D eigenvalue weighted by atomic mass is 15.0. The van der Waals surface area contributed by atoms with Crippen LogP contribution in [0.2, 0.25) is 0 Å². The normalized spacial score (nSPS) is 19.4. The van der Waals surface area contributed by atoms with E-state index in [9.17, 15) is 0 Å². The van der Waals surface area contributed by atoms with Gasteiger partial charge >= 0.3 is 0 Å². The number of benzene rings is 1. The van der Waals surface area contributed by atoms with Crippen molar-refractivity contribution in [2.24, 2.45) is 0 Å². The highest BCUT2D eigenvalue weighted by molar-refractivity contribution is 5.97. The molecule has 0 saturated carbocycles. The van der Waals surface area contributed by atoms with Crippen LogP contribution in [0.15, 0.2) is 30.5 Å². The maximum absolute atomic E-state index is 4.46. The van der Waals surface area contributed by atoms with Gasteiger partial charge in [0, 0.05) is 18.0 Å². The zero-order valence-corrected chi connectivity index (χ0v) is 9.33. The smallest absolute Gasteiger partial charge is 0.0769 e. The van der Waals surface area contributed by atoms with Gasteiger partial charge in [-0.15, -0.1) is 0 Å². The summed E-state index contributed by atoms with van der Waals surface area (Å²) in [6, 6.07) is 8.75. The lowest BCUT2D eigenvalue weighted by Gasteiger charge is -2.14. The molecule has 3 nitrogen and oxygen atoms in total. The third kappa shape index (κ3) is 1.48. The summed E-state index contributed by atoms with van der Waals surface area (Å²) < 4.78 is 0. The van der Waals surface area contributed by atoms with Crippen LogP contribution in [0.4, 0.5) is 11.4 Å². The Morgan fingerprint density at radius 3 is 3.12 bits per heavy atom. The topological polar surface area (TPSA) is 37.0 Å². The molecule has 3 rings (SSSR count). The Morgan fingerprint density at radius 2 is 2.19 bits per heavy atom. The van der Waals surface area contributed by atoms with E-state index in [0.29, 0.717) is 6.04 Å². The summed E-state index contributed by atoms with van der Waals surface area (Å²) in [5.41, 5.74) is 3.35. The zero-order valence-electron chi connectivity index (χ0n) is 9.33. The molecule has 0 radical (unpaired) electrons. The summed E-state index contributed by atoms with van der Waals surface area (Å²) in [7, 11) is 0. The number of nitrogens with zero attached hydrogens (tertiary/aromatic N) is 1. The number of nitrogens with one attached hydrogen (secondary N) is 2. The van der Waals surface area contributed by atoms with Gasteiger partial charge in [0.05, 0.1) is 23.1 Å². The Balaban J connectivity index is 2.23. The highest BCUT2D eigenvalue weighted by Crippen LogP contribution is 2.32. The van der Waals surface area contributed by atoms with E-state index in [4.69, 9.17) is 0 Å². The molecule has 2 heterocycles. The van der Waals surface area contributed by atoms with Crippen LogP contribution in [0.1, 0.15) is 13.3 Å². The number of para-hydroxylation sites is 1. The molecule has 0 amide bonds. The number of rotatable bonds is 0. The van der Waals surface area contributed by atoms with Crippen molar-refractivity contribution in [1.82, 2.24) is 4.98 Å². The first-order valence-electron chi connectivity index (χ1n) is 5.73. The molecule has 1 aliphatic heterocycles. The minimum absolute atomic E-state index is 0.500. The van der Waals surface area contributed by atoms with Gasteiger partial charge in [0.25, 0.3) is 0 Å². The van der Waals surface area contributed by atoms with Crippen LogP contribution < -0.4 is 10.6 Å². The fourth-order valence-electron chi connectivity index (χ4n) is 2.17. The molecule has 0 fully saturated rings. The van der Waals surface area contributed by atoms with Crippen LogP contribution in [0.5, 0.6) is 0 Å². The van der Waals surface area contributed by atoms with Crippen LogP contribution in [0.3, 0.4) is 0 Å². The van der Waals surface area contributed by atoms with Crippen molar-refractivity contribution in [2.75, 3.05) is 17.2 Å². The van der Waals surface area contributed by atoms with E-state index >= 15 is 0 Å². The molecule has 1 atom stereocenters. The molecule has 2 N–H and O–H groups in total. The average molecular weight is 213 g/mol. The van der Waals surface area contributed by atoms with Crippen LogP contribution in [-0.4, -0.2) is 17.6 Å². The Labute approximate surface area is 94.9 Å². The van der Waals surface area contributed by atoms with Gasteiger partial charge in [-0.3, -0.25) is 4.98 Å². The van der Waals surface area contributed by atoms with Crippen molar-refractivity contribution in [3.63, 3.8) is 0 Å². The molecule has 1 unspecified atom stereocenters. The minimum Gasteiger partial charge on any atom is -0.382 e. The lowest BCUT2D eigenvalue weighted by molar-refractivity contribution is 0.746. The van der Waals surface area contributed by atoms with Crippen LogP contribution in [-0.2, 0) is 0 Å². The molecule has 3 heteroatoms. The number of fused-ring (bicyclic) bond motifs is 3. The largest absolute Gasteiger partial charge is 0.382 e. The van der Waals surface area contributed by atoms with Crippen molar-refractivity contribution in [3.05, 3.63) is 30.5 Å². The van der Waals surface area contributed by atoms with E-state index in [0.717, 1.165) is 24.2 Å². The fourth-order valence-corrected chi connectivity index (χ4v) is 2.17. The van der Waals surface area contributed by atoms with Crippen molar-refractivity contribution >= 4 is 22.3 Å². The summed E-state index contributed by atoms with van der Waals surface area (Å²) in [6.45, 7) is 3.22. The van der Waals surface area contributed by atoms with E-state index in [-0.39, 0.29) is 0 Å². The van der Waals surface area contributed by atoms with E-state index in [1.807, 2.05) is 18.3 Å². The van der Waals surface area contributed by atoms with Crippen LogP contribution >= 0.6 is 0 Å². The minimum atomic E-state index is 0.500. The maximum Gasteiger partial charge on any atom is 0.0769 e. The summed E-state index contributed by atoms with van der Waals surface area (Å²) in [4.78, 5) is 4.46. The van der Waals surface area contributed by atoms with Gasteiger partial charge in [0.15, 0.2) is 0 Å². The number of hydrogen-bond acceptors (Lipinski definition) is 3. The van der Waals surface area contributed by atoms with E-state index in [2.05, 4.69) is 34.7 Å². The van der Waals surface area contributed by atoms with E-state index in [1.54, 1.807) is 0 Å². The molecule has 82 valence electrons. The predicted molar refractivity (Wildman–Crippen MR) is 67.9 cm³/mol. The molecule has 1 aromatic carbocycles. The first kappa shape index (κ1) is 9.46. The second kappa shape index (κ2) is 3.67. The second-order valence-electron chi connectivity index (χ2n) is 4.32. The summed E-state index contributed by atoms with van der Waals surface area (Å²) in [6.07, 6.45) is 3.05. The van der Waals surface area contributed by atoms with Gasteiger partial charge in [-0.2, -0.15) is 0 Å². The quantitative estimate of drug-likeness (QED) is 0.706. The second-order valence-corrected chi connectivity index (χ2v) is 4.32. The SMILES string of the molecule is CC1CCNc2cnc3ccccc3c2N1. The Kier molecular flexibility index (Phi) is 2.17. The molecule has 0 spiro atoms. The number of pyridine rings is 1. The zero-order chi connectivity index (χ0) is 11.0. The van der Waals surface area contributed by atoms with Gasteiger partial charge in [-0.1, -0.05) is 18.2 Å². The molecule has 1 aliphatic rings. The molecule has 0 aliphatic carbocycles. The van der Waals surface area contributed by atoms with Gasteiger partial charge in [0.2, 0.25) is 0 Å². The lowest BCUT2D eigenvalue weighted by atomic mass is 10.1. The van der Waals surface area contributed by atoms with Crippen LogP contribution in [0.25, 0.3) is 10.9 Å². The predicted octanol–water partition coefficient (Wildman–Crippen LogP) is 2.85. The molecular formula is C13H15N3. The van der Waals surface area contributed by atoms with Crippen molar-refractivity contribution < 1.29 is 0 Å². The summed E-state index contributed by atoms with van der Waals surface area (Å²) in [5, 5.41) is 8.18. The van der Waals surface area contributed by atoms with Gasteiger partial charge < -0.3 is 10.6 Å². The molecule has 2 aromatic rings. The highest BCUT2D eigenvalue weighted by Gasteiger charge is 2.14. The number of anilines is 2. The summed E-state index contributed by atoms with van der Waals surface area (Å²) in [5.74, 6) is 0. The van der Waals surface area contributed by atoms with Crippen molar-refractivity contribution in [1.29, 1.82) is 0 Å². The average Bonchev–Trinajstić information content (AvgIpc) is 2.50. The molecule has 1 aromatic heterocycles. The Morgan fingerprint density at radius 1 is 1.31 bits per heavy atom. The third-order valence-electron chi connectivity index (χ3n) is 3.06. The molecular weight excluding hydrogens is 198 g/mol. The maximum atomic E-state index is 4.46. The monoisotopic (exact) mass is 213 g/mol. The molecule has 0 bridgehead atoms. The lowest BCUT2D eigenvalue weighted by Crippen LogP contribution is -2.14. The first-order valence-corrected chi connectivity index (χ1v) is 5.73. The fraction of sp³-hybridized carbons (Fsp3) is 0.308. The van der Waals surface area contributed by atoms with Crippen molar-refractivity contribution in [3.8, 4) is 0 Å². The summed E-state index contributed by atoms with van der Waals surface area (Å²) >= 11 is 0. The van der Waals surface area contributed by atoms with Crippen molar-refractivity contribution in [2.45, 2.75) is 19.4 Å². The Bertz CT molecular complexity index is 522. The van der Waals surface area contributed by atoms with Gasteiger partial charge in [-0.05, 0) is 19.4 Å². The van der Waals surface area contributed by atoms with Gasteiger partial charge in [0.1, 0.15) is 0 Å². The van der Waals surface area contributed by atoms with E-state index < -0.39 is 0 Å². The number of hydrogen-bond donors (Lipinski definition) is 2. The van der Waals surface area contributed by atoms with Gasteiger partial charge in [-0.25, -0.2) is 0 Å². The molecule has 16 heavy (non-hydrogen) atoms. The molecule has 0 saturated heterocycles. The first-order chi connectivity index (χ1) is 7.84. The number of aromatic nitrogens is 1. The third-order valence-corrected chi connectivity index (χ3v) is 3.06. The standard InChI is InChI=1S/C13H15N3/c1-9-6-7-14-12-8-15-11-5-3-2-4-10(11)13(12)16-9/h2-5,8-9,14,16H,6-7H2,1H3. The van der Waals surface area contributed by atoms with E-state index in [1.165, 1.54) is 11.1 Å². The Hall–Kier alpha value is -1.77. The van der Waals surface area contributed by atoms with Crippen LogP contribution in [0, 0.1) is 0 Å².